The highest BCUT2D eigenvalue weighted by atomic mass is 16.2. The number of hydrogen-bond donors (Lipinski definition) is 2. The van der Waals surface area contributed by atoms with E-state index < -0.39 is 0 Å². The van der Waals surface area contributed by atoms with Crippen molar-refractivity contribution in [1.82, 2.24) is 20.0 Å². The van der Waals surface area contributed by atoms with Crippen LogP contribution in [-0.4, -0.2) is 52.2 Å². The molecule has 26 heavy (non-hydrogen) atoms. The fraction of sp³-hybridized carbons (Fsp3) is 0.421. The van der Waals surface area contributed by atoms with Gasteiger partial charge in [-0.25, -0.2) is 0 Å². The Morgan fingerprint density at radius 3 is 2.54 bits per heavy atom. The van der Waals surface area contributed by atoms with E-state index in [0.717, 1.165) is 6.54 Å². The third-order valence-corrected chi connectivity index (χ3v) is 4.64. The number of nitrogens with zero attached hydrogens (tertiary/aromatic N) is 3. The Bertz CT molecular complexity index is 783. The van der Waals surface area contributed by atoms with Gasteiger partial charge in [-0.05, 0) is 12.5 Å². The van der Waals surface area contributed by atoms with Gasteiger partial charge in [-0.2, -0.15) is 5.10 Å². The van der Waals surface area contributed by atoms with Gasteiger partial charge in [0.15, 0.2) is 5.82 Å². The van der Waals surface area contributed by atoms with Crippen LogP contribution in [0.3, 0.4) is 0 Å². The number of benzene rings is 1. The van der Waals surface area contributed by atoms with Crippen molar-refractivity contribution in [3.8, 4) is 0 Å². The maximum absolute atomic E-state index is 12.3. The largest absolute Gasteiger partial charge is 0.352 e. The molecule has 0 radical (unpaired) electrons. The first kappa shape index (κ1) is 18.1. The van der Waals surface area contributed by atoms with Gasteiger partial charge in [0, 0.05) is 51.3 Å². The lowest BCUT2D eigenvalue weighted by atomic mass is 9.93. The van der Waals surface area contributed by atoms with E-state index in [1.54, 1.807) is 24.0 Å². The first-order chi connectivity index (χ1) is 12.4. The summed E-state index contributed by atoms with van der Waals surface area (Å²) in [6.45, 7) is 5.23. The van der Waals surface area contributed by atoms with E-state index in [2.05, 4.69) is 51.8 Å². The molecule has 2 aromatic rings. The maximum Gasteiger partial charge on any atom is 0.239 e. The van der Waals surface area contributed by atoms with Crippen molar-refractivity contribution in [3.63, 3.8) is 0 Å². The Hall–Kier alpha value is -2.67. The molecule has 2 heterocycles. The van der Waals surface area contributed by atoms with Crippen LogP contribution in [0.4, 0.5) is 5.82 Å². The lowest BCUT2D eigenvalue weighted by Crippen LogP contribution is -2.39. The van der Waals surface area contributed by atoms with Gasteiger partial charge in [0.1, 0.15) is 0 Å². The van der Waals surface area contributed by atoms with Crippen molar-refractivity contribution in [2.45, 2.75) is 25.8 Å². The normalized spacial score (nSPS) is 20.1. The minimum atomic E-state index is -0.102. The fourth-order valence-electron chi connectivity index (χ4n) is 3.44. The van der Waals surface area contributed by atoms with E-state index in [1.807, 2.05) is 0 Å². The summed E-state index contributed by atoms with van der Waals surface area (Å²) in [6.07, 6.45) is 1.78. The van der Waals surface area contributed by atoms with Gasteiger partial charge in [0.25, 0.3) is 0 Å². The van der Waals surface area contributed by atoms with Gasteiger partial charge in [0.2, 0.25) is 11.8 Å². The summed E-state index contributed by atoms with van der Waals surface area (Å²) in [5, 5.41) is 10.0. The van der Waals surface area contributed by atoms with Crippen LogP contribution in [0.1, 0.15) is 24.0 Å². The number of rotatable bonds is 5. The zero-order valence-corrected chi connectivity index (χ0v) is 15.4. The van der Waals surface area contributed by atoms with E-state index in [9.17, 15) is 9.59 Å². The van der Waals surface area contributed by atoms with Crippen LogP contribution in [0, 0.1) is 6.92 Å². The quantitative estimate of drug-likeness (QED) is 0.847. The molecule has 0 unspecified atom stereocenters. The molecule has 2 atom stereocenters. The second-order valence-corrected chi connectivity index (χ2v) is 6.94. The fourth-order valence-corrected chi connectivity index (χ4v) is 3.44. The highest BCUT2D eigenvalue weighted by Crippen LogP contribution is 2.28. The molecule has 3 rings (SSSR count). The van der Waals surface area contributed by atoms with Gasteiger partial charge in [-0.15, -0.1) is 0 Å². The molecule has 0 aliphatic carbocycles. The molecular weight excluding hydrogens is 330 g/mol. The molecule has 2 amide bonds. The standard InChI is InChI=1S/C19H25N5O2/c1-13-4-6-15(7-5-13)16-10-24(11-17(16)20-14(2)25)12-19(26)21-18-8-9-23(3)22-18/h4-9,16-17H,10-12H2,1-3H3,(H,20,25)(H,21,22,26)/t16-,17+/m0/s1. The van der Waals surface area contributed by atoms with Crippen molar-refractivity contribution < 1.29 is 9.59 Å². The van der Waals surface area contributed by atoms with Gasteiger partial charge in [-0.3, -0.25) is 19.2 Å². The molecule has 1 aromatic carbocycles. The molecule has 2 N–H and O–H groups in total. The summed E-state index contributed by atoms with van der Waals surface area (Å²) in [5.41, 5.74) is 2.39. The summed E-state index contributed by atoms with van der Waals surface area (Å²) in [6, 6.07) is 10.1. The maximum atomic E-state index is 12.3. The Kier molecular flexibility index (Phi) is 5.37. The predicted octanol–water partition coefficient (Wildman–Crippen LogP) is 1.27. The van der Waals surface area contributed by atoms with Crippen LogP contribution < -0.4 is 10.6 Å². The Labute approximate surface area is 153 Å². The topological polar surface area (TPSA) is 79.3 Å². The third kappa shape index (κ3) is 4.49. The van der Waals surface area contributed by atoms with Crippen molar-refractivity contribution in [3.05, 3.63) is 47.7 Å². The summed E-state index contributed by atoms with van der Waals surface area (Å²) >= 11 is 0. The van der Waals surface area contributed by atoms with Gasteiger partial charge < -0.3 is 10.6 Å². The second-order valence-electron chi connectivity index (χ2n) is 6.94. The van der Waals surface area contributed by atoms with Gasteiger partial charge in [0.05, 0.1) is 6.54 Å². The van der Waals surface area contributed by atoms with Crippen molar-refractivity contribution in [2.24, 2.45) is 7.05 Å². The van der Waals surface area contributed by atoms with Crippen LogP contribution >= 0.6 is 0 Å². The van der Waals surface area contributed by atoms with Gasteiger partial charge in [-0.1, -0.05) is 29.8 Å². The summed E-state index contributed by atoms with van der Waals surface area (Å²) in [7, 11) is 1.81. The highest BCUT2D eigenvalue weighted by Gasteiger charge is 2.35. The molecule has 1 aliphatic rings. The van der Waals surface area contributed by atoms with Crippen LogP contribution in [-0.2, 0) is 16.6 Å². The van der Waals surface area contributed by atoms with Crippen molar-refractivity contribution in [1.29, 1.82) is 0 Å². The van der Waals surface area contributed by atoms with Crippen LogP contribution in [0.5, 0.6) is 0 Å². The van der Waals surface area contributed by atoms with E-state index >= 15 is 0 Å². The van der Waals surface area contributed by atoms with E-state index in [4.69, 9.17) is 0 Å². The van der Waals surface area contributed by atoms with Crippen molar-refractivity contribution >= 4 is 17.6 Å². The zero-order valence-electron chi connectivity index (χ0n) is 15.4. The summed E-state index contributed by atoms with van der Waals surface area (Å²) < 4.78 is 1.64. The van der Waals surface area contributed by atoms with E-state index in [-0.39, 0.29) is 30.3 Å². The number of amides is 2. The molecule has 7 heteroatoms. The third-order valence-electron chi connectivity index (χ3n) is 4.64. The molecule has 0 bridgehead atoms. The minimum Gasteiger partial charge on any atom is -0.352 e. The minimum absolute atomic E-state index is 0.00198. The number of carbonyl (C=O) groups is 2. The highest BCUT2D eigenvalue weighted by molar-refractivity contribution is 5.91. The Morgan fingerprint density at radius 2 is 1.92 bits per heavy atom. The first-order valence-corrected chi connectivity index (χ1v) is 8.76. The lowest BCUT2D eigenvalue weighted by molar-refractivity contribution is -0.119. The molecule has 1 saturated heterocycles. The first-order valence-electron chi connectivity index (χ1n) is 8.76. The predicted molar refractivity (Wildman–Crippen MR) is 99.8 cm³/mol. The van der Waals surface area contributed by atoms with E-state index in [0.29, 0.717) is 12.4 Å². The number of hydrogen-bond acceptors (Lipinski definition) is 4. The zero-order chi connectivity index (χ0) is 18.7. The number of likely N-dealkylation sites (tertiary alicyclic amines) is 1. The molecule has 1 aromatic heterocycles. The number of aryl methyl sites for hydroxylation is 2. The average molecular weight is 355 g/mol. The smallest absolute Gasteiger partial charge is 0.239 e. The lowest BCUT2D eigenvalue weighted by Gasteiger charge is -2.19. The molecule has 7 nitrogen and oxygen atoms in total. The molecule has 0 spiro atoms. The van der Waals surface area contributed by atoms with Crippen LogP contribution in [0.25, 0.3) is 0 Å². The molecular formula is C19H25N5O2. The Morgan fingerprint density at radius 1 is 1.19 bits per heavy atom. The molecule has 138 valence electrons. The second kappa shape index (κ2) is 7.70. The molecule has 1 aliphatic heterocycles. The molecule has 1 fully saturated rings. The molecule has 0 saturated carbocycles. The van der Waals surface area contributed by atoms with Crippen LogP contribution in [0.15, 0.2) is 36.5 Å². The van der Waals surface area contributed by atoms with Crippen LogP contribution in [0.2, 0.25) is 0 Å². The van der Waals surface area contributed by atoms with Gasteiger partial charge >= 0.3 is 0 Å². The number of nitrogens with one attached hydrogen (secondary N) is 2. The monoisotopic (exact) mass is 355 g/mol. The summed E-state index contributed by atoms with van der Waals surface area (Å²) in [5.74, 6) is 0.564. The number of anilines is 1. The number of aromatic nitrogens is 2. The Balaban J connectivity index is 1.66. The van der Waals surface area contributed by atoms with Crippen molar-refractivity contribution in [2.75, 3.05) is 25.0 Å². The average Bonchev–Trinajstić information content (AvgIpc) is 3.14. The summed E-state index contributed by atoms with van der Waals surface area (Å²) in [4.78, 5) is 26.0. The number of carbonyl (C=O) groups excluding carboxylic acids is 2. The SMILES string of the molecule is CC(=O)N[C@@H]1CN(CC(=O)Nc2ccn(C)n2)C[C@H]1c1ccc(C)cc1. The van der Waals surface area contributed by atoms with E-state index in [1.165, 1.54) is 18.1 Å².